The number of fused-ring (bicyclic) bond motifs is 1. The number of phenolic OH excluding ortho intramolecular Hbond substituents is 1. The predicted molar refractivity (Wildman–Crippen MR) is 56.6 cm³/mol. The second kappa shape index (κ2) is 3.50. The zero-order valence-electron chi connectivity index (χ0n) is 8.18. The summed E-state index contributed by atoms with van der Waals surface area (Å²) in [4.78, 5) is 0.346. The average molecular weight is 227 g/mol. The van der Waals surface area contributed by atoms with Gasteiger partial charge in [0.15, 0.2) is 9.84 Å². The fraction of sp³-hybridized carbons (Fsp3) is 0.400. The average Bonchev–Trinajstić information content (AvgIpc) is 2.39. The lowest BCUT2D eigenvalue weighted by Crippen LogP contribution is -2.09. The highest BCUT2D eigenvalue weighted by molar-refractivity contribution is 7.91. The van der Waals surface area contributed by atoms with Crippen molar-refractivity contribution in [3.63, 3.8) is 0 Å². The van der Waals surface area contributed by atoms with Crippen LogP contribution >= 0.6 is 0 Å². The molecule has 0 amide bonds. The molecule has 1 aliphatic rings. The van der Waals surface area contributed by atoms with Crippen LogP contribution in [0.1, 0.15) is 17.9 Å². The van der Waals surface area contributed by atoms with Crippen LogP contribution in [0.25, 0.3) is 0 Å². The molecule has 3 N–H and O–H groups in total. The molecule has 1 heterocycles. The third kappa shape index (κ3) is 1.72. The third-order valence-corrected chi connectivity index (χ3v) is 4.59. The molecule has 1 atom stereocenters. The van der Waals surface area contributed by atoms with Crippen molar-refractivity contribution in [3.8, 4) is 5.75 Å². The molecule has 1 aromatic rings. The van der Waals surface area contributed by atoms with Gasteiger partial charge in [0.1, 0.15) is 5.75 Å². The van der Waals surface area contributed by atoms with Crippen molar-refractivity contribution >= 4 is 9.84 Å². The maximum Gasteiger partial charge on any atom is 0.179 e. The summed E-state index contributed by atoms with van der Waals surface area (Å²) in [6, 6.07) is 4.40. The summed E-state index contributed by atoms with van der Waals surface area (Å²) in [6.07, 6.45) is 0.635. The van der Waals surface area contributed by atoms with Gasteiger partial charge in [-0.3, -0.25) is 0 Å². The summed E-state index contributed by atoms with van der Waals surface area (Å²) in [5.74, 6) is 0.151. The maximum absolute atomic E-state index is 11.7. The number of hydrogen-bond donors (Lipinski definition) is 2. The molecule has 0 radical (unpaired) electrons. The highest BCUT2D eigenvalue weighted by Crippen LogP contribution is 2.38. The first kappa shape index (κ1) is 10.4. The van der Waals surface area contributed by atoms with Crippen LogP contribution in [0.4, 0.5) is 0 Å². The molecule has 0 spiro atoms. The van der Waals surface area contributed by atoms with Crippen LogP contribution in [0.2, 0.25) is 0 Å². The van der Waals surface area contributed by atoms with E-state index in [2.05, 4.69) is 0 Å². The molecule has 82 valence electrons. The Morgan fingerprint density at radius 3 is 2.87 bits per heavy atom. The molecule has 0 bridgehead atoms. The zero-order chi connectivity index (χ0) is 11.1. The number of benzene rings is 1. The Bertz CT molecular complexity index is 481. The second-order valence-corrected chi connectivity index (χ2v) is 5.78. The van der Waals surface area contributed by atoms with E-state index in [1.54, 1.807) is 0 Å². The van der Waals surface area contributed by atoms with Crippen molar-refractivity contribution in [2.24, 2.45) is 5.73 Å². The zero-order valence-corrected chi connectivity index (χ0v) is 9.00. The van der Waals surface area contributed by atoms with Crippen molar-refractivity contribution in [2.45, 2.75) is 17.2 Å². The van der Waals surface area contributed by atoms with Gasteiger partial charge >= 0.3 is 0 Å². The summed E-state index contributed by atoms with van der Waals surface area (Å²) < 4.78 is 23.5. The Morgan fingerprint density at radius 1 is 1.47 bits per heavy atom. The van der Waals surface area contributed by atoms with E-state index in [0.29, 0.717) is 23.4 Å². The monoisotopic (exact) mass is 227 g/mol. The van der Waals surface area contributed by atoms with Crippen LogP contribution in [-0.2, 0) is 9.84 Å². The number of aromatic hydroxyl groups is 1. The molecule has 2 rings (SSSR count). The van der Waals surface area contributed by atoms with Gasteiger partial charge in [-0.05, 0) is 36.7 Å². The standard InChI is InChI=1S/C10H13NO3S/c11-4-3-7-6-15(13,14)10-2-1-8(12)5-9(7)10/h1-2,5,7,12H,3-4,6,11H2. The largest absolute Gasteiger partial charge is 0.508 e. The quantitative estimate of drug-likeness (QED) is 0.775. The molecule has 0 saturated heterocycles. The highest BCUT2D eigenvalue weighted by atomic mass is 32.2. The third-order valence-electron chi connectivity index (χ3n) is 2.70. The molecule has 1 aromatic carbocycles. The summed E-state index contributed by atoms with van der Waals surface area (Å²) in [6.45, 7) is 0.454. The molecule has 15 heavy (non-hydrogen) atoms. The lowest BCUT2D eigenvalue weighted by atomic mass is 9.98. The van der Waals surface area contributed by atoms with Gasteiger partial charge in [-0.1, -0.05) is 0 Å². The van der Waals surface area contributed by atoms with Gasteiger partial charge in [0.2, 0.25) is 0 Å². The Hall–Kier alpha value is -1.07. The van der Waals surface area contributed by atoms with Crippen LogP contribution in [-0.4, -0.2) is 25.8 Å². The van der Waals surface area contributed by atoms with Crippen molar-refractivity contribution in [2.75, 3.05) is 12.3 Å². The van der Waals surface area contributed by atoms with Crippen LogP contribution < -0.4 is 5.73 Å². The van der Waals surface area contributed by atoms with E-state index in [1.807, 2.05) is 0 Å². The van der Waals surface area contributed by atoms with Gasteiger partial charge < -0.3 is 10.8 Å². The van der Waals surface area contributed by atoms with E-state index in [9.17, 15) is 13.5 Å². The van der Waals surface area contributed by atoms with Crippen molar-refractivity contribution in [1.82, 2.24) is 0 Å². The van der Waals surface area contributed by atoms with Crippen molar-refractivity contribution < 1.29 is 13.5 Å². The first-order chi connectivity index (χ1) is 7.04. The van der Waals surface area contributed by atoms with Crippen LogP contribution in [0, 0.1) is 0 Å². The fourth-order valence-corrected chi connectivity index (χ4v) is 3.94. The summed E-state index contributed by atoms with van der Waals surface area (Å²) in [7, 11) is -3.16. The second-order valence-electron chi connectivity index (χ2n) is 3.78. The summed E-state index contributed by atoms with van der Waals surface area (Å²) in [5, 5.41) is 9.33. The molecule has 0 aliphatic carbocycles. The number of hydrogen-bond acceptors (Lipinski definition) is 4. The van der Waals surface area contributed by atoms with Gasteiger partial charge in [-0.25, -0.2) is 8.42 Å². The molecule has 0 saturated carbocycles. The maximum atomic E-state index is 11.7. The molecule has 0 aromatic heterocycles. The minimum absolute atomic E-state index is 0.0675. The highest BCUT2D eigenvalue weighted by Gasteiger charge is 2.34. The van der Waals surface area contributed by atoms with Gasteiger partial charge in [0.05, 0.1) is 10.6 Å². The number of phenols is 1. The molecule has 1 unspecified atom stereocenters. The van der Waals surface area contributed by atoms with E-state index in [4.69, 9.17) is 5.73 Å². The van der Waals surface area contributed by atoms with E-state index >= 15 is 0 Å². The Balaban J connectivity index is 2.53. The smallest absolute Gasteiger partial charge is 0.179 e. The van der Waals surface area contributed by atoms with Crippen LogP contribution in [0.3, 0.4) is 0 Å². The Labute approximate surface area is 88.6 Å². The van der Waals surface area contributed by atoms with E-state index < -0.39 is 9.84 Å². The van der Waals surface area contributed by atoms with E-state index in [0.717, 1.165) is 0 Å². The lowest BCUT2D eigenvalue weighted by Gasteiger charge is -2.07. The fourth-order valence-electron chi connectivity index (χ4n) is 2.02. The number of rotatable bonds is 2. The molecular formula is C10H13NO3S. The number of sulfone groups is 1. The summed E-state index contributed by atoms with van der Waals surface area (Å²) >= 11 is 0. The van der Waals surface area contributed by atoms with Gasteiger partial charge in [-0.15, -0.1) is 0 Å². The predicted octanol–water partition coefficient (Wildman–Crippen LogP) is 0.612. The minimum Gasteiger partial charge on any atom is -0.508 e. The summed E-state index contributed by atoms with van der Waals surface area (Å²) in [5.41, 5.74) is 6.14. The van der Waals surface area contributed by atoms with Gasteiger partial charge in [-0.2, -0.15) is 0 Å². The lowest BCUT2D eigenvalue weighted by molar-refractivity contribution is 0.473. The molecule has 0 fully saturated rings. The Morgan fingerprint density at radius 2 is 2.20 bits per heavy atom. The first-order valence-corrected chi connectivity index (χ1v) is 6.45. The molecule has 1 aliphatic heterocycles. The molecule has 5 heteroatoms. The SMILES string of the molecule is NCCC1CS(=O)(=O)c2ccc(O)cc21. The van der Waals surface area contributed by atoms with Gasteiger partial charge in [0.25, 0.3) is 0 Å². The van der Waals surface area contributed by atoms with Crippen molar-refractivity contribution in [1.29, 1.82) is 0 Å². The first-order valence-electron chi connectivity index (χ1n) is 4.80. The molecular weight excluding hydrogens is 214 g/mol. The normalized spacial score (nSPS) is 22.6. The topological polar surface area (TPSA) is 80.4 Å². The minimum atomic E-state index is -3.16. The van der Waals surface area contributed by atoms with Crippen molar-refractivity contribution in [3.05, 3.63) is 23.8 Å². The van der Waals surface area contributed by atoms with Crippen LogP contribution in [0.5, 0.6) is 5.75 Å². The van der Waals surface area contributed by atoms with E-state index in [-0.39, 0.29) is 17.4 Å². The number of nitrogens with two attached hydrogens (primary N) is 1. The van der Waals surface area contributed by atoms with Crippen LogP contribution in [0.15, 0.2) is 23.1 Å². The molecule has 4 nitrogen and oxygen atoms in total. The Kier molecular flexibility index (Phi) is 2.44. The van der Waals surface area contributed by atoms with E-state index in [1.165, 1.54) is 18.2 Å². The van der Waals surface area contributed by atoms with Gasteiger partial charge in [0, 0.05) is 5.92 Å².